The monoisotopic (exact) mass is 150 g/mol. The molecule has 0 aromatic carbocycles. The number of rotatable bonds is 4. The molecule has 0 aliphatic rings. The Morgan fingerprint density at radius 2 is 1.64 bits per heavy atom. The van der Waals surface area contributed by atoms with E-state index in [1.807, 2.05) is 0 Å². The van der Waals surface area contributed by atoms with Gasteiger partial charge in [0.2, 0.25) is 0 Å². The van der Waals surface area contributed by atoms with E-state index in [1.54, 1.807) is 30.4 Å². The van der Waals surface area contributed by atoms with Crippen molar-refractivity contribution in [2.75, 3.05) is 0 Å². The molecule has 0 saturated carbocycles. The van der Waals surface area contributed by atoms with Gasteiger partial charge in [-0.1, -0.05) is 43.0 Å². The molecule has 1 N–H and O–H groups in total. The van der Waals surface area contributed by atoms with Crippen molar-refractivity contribution in [1.82, 2.24) is 0 Å². The number of carboxylic acid groups (broad SMARTS) is 1. The standard InChI is InChI=1S/C9H10O2/c1-2-3-4-5-6-7-8-9(10)11/h2-8H,1H2,(H,10,11)/b4-3+,6-5+,8-7+. The van der Waals surface area contributed by atoms with E-state index < -0.39 is 5.97 Å². The molecule has 0 aromatic rings. The minimum atomic E-state index is -0.942. The van der Waals surface area contributed by atoms with Crippen LogP contribution in [0.15, 0.2) is 49.1 Å². The zero-order chi connectivity index (χ0) is 8.53. The maximum Gasteiger partial charge on any atom is 0.328 e. The fourth-order valence-corrected chi connectivity index (χ4v) is 0.409. The van der Waals surface area contributed by atoms with Gasteiger partial charge in [0.05, 0.1) is 0 Å². The Bertz CT molecular complexity index is 210. The van der Waals surface area contributed by atoms with Gasteiger partial charge in [0.25, 0.3) is 0 Å². The van der Waals surface area contributed by atoms with Gasteiger partial charge in [0.1, 0.15) is 0 Å². The van der Waals surface area contributed by atoms with Crippen LogP contribution in [0.2, 0.25) is 0 Å². The van der Waals surface area contributed by atoms with Gasteiger partial charge in [-0.15, -0.1) is 0 Å². The van der Waals surface area contributed by atoms with Gasteiger partial charge in [-0.25, -0.2) is 4.79 Å². The molecule has 0 spiro atoms. The second-order valence-electron chi connectivity index (χ2n) is 1.70. The lowest BCUT2D eigenvalue weighted by Gasteiger charge is -1.74. The van der Waals surface area contributed by atoms with E-state index in [1.165, 1.54) is 6.08 Å². The fraction of sp³-hybridized carbons (Fsp3) is 0. The van der Waals surface area contributed by atoms with E-state index in [4.69, 9.17) is 5.11 Å². The summed E-state index contributed by atoms with van der Waals surface area (Å²) in [5.41, 5.74) is 0. The van der Waals surface area contributed by atoms with Gasteiger partial charge < -0.3 is 5.11 Å². The second kappa shape index (κ2) is 6.55. The second-order valence-corrected chi connectivity index (χ2v) is 1.70. The molecule has 11 heavy (non-hydrogen) atoms. The van der Waals surface area contributed by atoms with Gasteiger partial charge in [-0.2, -0.15) is 0 Å². The zero-order valence-corrected chi connectivity index (χ0v) is 6.10. The minimum Gasteiger partial charge on any atom is -0.478 e. The maximum atomic E-state index is 9.93. The van der Waals surface area contributed by atoms with Crippen LogP contribution in [0.4, 0.5) is 0 Å². The molecule has 0 rings (SSSR count). The molecular weight excluding hydrogens is 140 g/mol. The van der Waals surface area contributed by atoms with E-state index in [9.17, 15) is 4.79 Å². The summed E-state index contributed by atoms with van der Waals surface area (Å²) in [4.78, 5) is 9.93. The van der Waals surface area contributed by atoms with Crippen LogP contribution < -0.4 is 0 Å². The Morgan fingerprint density at radius 3 is 2.18 bits per heavy atom. The summed E-state index contributed by atoms with van der Waals surface area (Å²) in [7, 11) is 0. The van der Waals surface area contributed by atoms with Crippen LogP contribution in [0.1, 0.15) is 0 Å². The van der Waals surface area contributed by atoms with Gasteiger partial charge >= 0.3 is 5.97 Å². The van der Waals surface area contributed by atoms with Crippen LogP contribution in [-0.2, 0) is 4.79 Å². The molecule has 0 aliphatic heterocycles. The highest BCUT2D eigenvalue weighted by molar-refractivity contribution is 5.80. The molecular formula is C9H10O2. The first-order valence-corrected chi connectivity index (χ1v) is 3.12. The van der Waals surface area contributed by atoms with Crippen LogP contribution in [-0.4, -0.2) is 11.1 Å². The van der Waals surface area contributed by atoms with Crippen molar-refractivity contribution >= 4 is 5.97 Å². The number of carbonyl (C=O) groups is 1. The van der Waals surface area contributed by atoms with E-state index >= 15 is 0 Å². The Hall–Kier alpha value is -1.57. The van der Waals surface area contributed by atoms with Crippen molar-refractivity contribution in [3.8, 4) is 0 Å². The molecule has 0 aliphatic carbocycles. The number of aliphatic carboxylic acids is 1. The molecule has 0 unspecified atom stereocenters. The quantitative estimate of drug-likeness (QED) is 0.491. The zero-order valence-electron chi connectivity index (χ0n) is 6.10. The smallest absolute Gasteiger partial charge is 0.328 e. The summed E-state index contributed by atoms with van der Waals surface area (Å²) >= 11 is 0. The van der Waals surface area contributed by atoms with Gasteiger partial charge in [0.15, 0.2) is 0 Å². The number of allylic oxidation sites excluding steroid dienone is 6. The van der Waals surface area contributed by atoms with Crippen molar-refractivity contribution in [2.24, 2.45) is 0 Å². The first kappa shape index (κ1) is 9.43. The highest BCUT2D eigenvalue weighted by Gasteiger charge is 1.78. The Balaban J connectivity index is 3.68. The van der Waals surface area contributed by atoms with Crippen LogP contribution in [0.3, 0.4) is 0 Å². The molecule has 0 fully saturated rings. The summed E-state index contributed by atoms with van der Waals surface area (Å²) in [5, 5.41) is 8.16. The van der Waals surface area contributed by atoms with Crippen LogP contribution in [0.5, 0.6) is 0 Å². The third-order valence-electron chi connectivity index (χ3n) is 0.819. The predicted octanol–water partition coefficient (Wildman–Crippen LogP) is 1.93. The summed E-state index contributed by atoms with van der Waals surface area (Å²) in [5.74, 6) is -0.942. The highest BCUT2D eigenvalue weighted by Crippen LogP contribution is 1.80. The van der Waals surface area contributed by atoms with Gasteiger partial charge in [0, 0.05) is 6.08 Å². The summed E-state index contributed by atoms with van der Waals surface area (Å²) in [6.45, 7) is 3.47. The van der Waals surface area contributed by atoms with Crippen LogP contribution >= 0.6 is 0 Å². The lowest BCUT2D eigenvalue weighted by molar-refractivity contribution is -0.131. The molecule has 2 heteroatoms. The van der Waals surface area contributed by atoms with Gasteiger partial charge in [-0.05, 0) is 0 Å². The molecule has 0 aromatic heterocycles. The Morgan fingerprint density at radius 1 is 1.09 bits per heavy atom. The largest absolute Gasteiger partial charge is 0.478 e. The lowest BCUT2D eigenvalue weighted by atomic mass is 10.4. The van der Waals surface area contributed by atoms with E-state index in [0.29, 0.717) is 0 Å². The fourth-order valence-electron chi connectivity index (χ4n) is 0.409. The van der Waals surface area contributed by atoms with E-state index in [0.717, 1.165) is 6.08 Å². The number of hydrogen-bond donors (Lipinski definition) is 1. The average molecular weight is 150 g/mol. The first-order chi connectivity index (χ1) is 5.27. The molecule has 0 atom stereocenters. The highest BCUT2D eigenvalue weighted by atomic mass is 16.4. The lowest BCUT2D eigenvalue weighted by Crippen LogP contribution is -1.84. The topological polar surface area (TPSA) is 37.3 Å². The van der Waals surface area contributed by atoms with Crippen molar-refractivity contribution in [3.63, 3.8) is 0 Å². The SMILES string of the molecule is C=C/C=C/C=C/C=C/C(=O)O. The molecule has 58 valence electrons. The molecule has 0 radical (unpaired) electrons. The molecule has 0 amide bonds. The Labute approximate surface area is 65.9 Å². The average Bonchev–Trinajstić information content (AvgIpc) is 1.96. The summed E-state index contributed by atoms with van der Waals surface area (Å²) in [6.07, 6.45) is 11.0. The summed E-state index contributed by atoms with van der Waals surface area (Å²) in [6, 6.07) is 0. The number of hydrogen-bond acceptors (Lipinski definition) is 1. The molecule has 0 heterocycles. The maximum absolute atomic E-state index is 9.93. The third-order valence-corrected chi connectivity index (χ3v) is 0.819. The minimum absolute atomic E-state index is 0.942. The van der Waals surface area contributed by atoms with E-state index in [2.05, 4.69) is 6.58 Å². The molecule has 0 saturated heterocycles. The van der Waals surface area contributed by atoms with Crippen molar-refractivity contribution in [2.45, 2.75) is 0 Å². The van der Waals surface area contributed by atoms with Crippen molar-refractivity contribution < 1.29 is 9.90 Å². The van der Waals surface area contributed by atoms with Crippen LogP contribution in [0.25, 0.3) is 0 Å². The van der Waals surface area contributed by atoms with Crippen molar-refractivity contribution in [3.05, 3.63) is 49.1 Å². The normalized spacial score (nSPS) is 11.6. The molecule has 0 bridgehead atoms. The first-order valence-electron chi connectivity index (χ1n) is 3.12. The molecule has 2 nitrogen and oxygen atoms in total. The van der Waals surface area contributed by atoms with Gasteiger partial charge in [-0.3, -0.25) is 0 Å². The number of carboxylic acids is 1. The Kier molecular flexibility index (Phi) is 5.61. The van der Waals surface area contributed by atoms with E-state index in [-0.39, 0.29) is 0 Å². The predicted molar refractivity (Wildman–Crippen MR) is 45.3 cm³/mol. The summed E-state index contributed by atoms with van der Waals surface area (Å²) < 4.78 is 0. The van der Waals surface area contributed by atoms with Crippen LogP contribution in [0, 0.1) is 0 Å². The third kappa shape index (κ3) is 8.43. The van der Waals surface area contributed by atoms with Crippen molar-refractivity contribution in [1.29, 1.82) is 0 Å².